The van der Waals surface area contributed by atoms with Crippen LogP contribution in [0, 0.1) is 0 Å². The van der Waals surface area contributed by atoms with Crippen molar-refractivity contribution in [2.45, 2.75) is 0 Å². The monoisotopic (exact) mass is 238 g/mol. The molecule has 1 heterocycles. The van der Waals surface area contributed by atoms with E-state index in [1.807, 2.05) is 0 Å². The highest BCUT2D eigenvalue weighted by molar-refractivity contribution is 9.10. The maximum Gasteiger partial charge on any atom is 0.128 e. The van der Waals surface area contributed by atoms with Crippen LogP contribution in [0.3, 0.4) is 0 Å². The van der Waals surface area contributed by atoms with Crippen LogP contribution in [0.1, 0.15) is 2.74 Å². The number of nitrogens with zero attached hydrogens (tertiary/aromatic N) is 2. The van der Waals surface area contributed by atoms with E-state index in [2.05, 4.69) is 42.1 Å². The Balaban J connectivity index is 3.34. The second-order valence-electron chi connectivity index (χ2n) is 1.03. The highest BCUT2D eigenvalue weighted by atomic mass is 79.9. The molecule has 0 radical (unpaired) electrons. The van der Waals surface area contributed by atoms with Crippen molar-refractivity contribution < 1.29 is 2.74 Å². The molecule has 0 aliphatic carbocycles. The summed E-state index contributed by atoms with van der Waals surface area (Å²) >= 11 is 5.96. The van der Waals surface area contributed by atoms with E-state index >= 15 is 0 Å². The van der Waals surface area contributed by atoms with Crippen LogP contribution in [0.5, 0.6) is 0 Å². The molecule has 0 atom stereocenters. The van der Waals surface area contributed by atoms with Crippen LogP contribution in [0.2, 0.25) is 0 Å². The topological polar surface area (TPSA) is 25.8 Å². The summed E-state index contributed by atoms with van der Waals surface area (Å²) in [5.41, 5.74) is 0. The molecule has 0 aliphatic rings. The van der Waals surface area contributed by atoms with E-state index in [9.17, 15) is 0 Å². The lowest BCUT2D eigenvalue weighted by atomic mass is 10.6. The van der Waals surface area contributed by atoms with Gasteiger partial charge >= 0.3 is 0 Å². The molecule has 0 bridgehead atoms. The molecule has 0 saturated heterocycles. The lowest BCUT2D eigenvalue weighted by molar-refractivity contribution is 0.981. The van der Waals surface area contributed by atoms with Crippen molar-refractivity contribution in [1.29, 1.82) is 0 Å². The summed E-state index contributed by atoms with van der Waals surface area (Å²) < 4.78 is 15.0. The summed E-state index contributed by atoms with van der Waals surface area (Å²) in [6, 6.07) is 0.0868. The molecule has 0 saturated carbocycles. The van der Waals surface area contributed by atoms with Gasteiger partial charge in [-0.3, -0.25) is 0 Å². The van der Waals surface area contributed by atoms with Crippen molar-refractivity contribution in [3.63, 3.8) is 0 Å². The largest absolute Gasteiger partial charge is 0.142 e. The Hall–Kier alpha value is 0.0400. The summed E-state index contributed by atoms with van der Waals surface area (Å²) in [5.74, 6) is 0. The zero-order valence-corrected chi connectivity index (χ0v) is 6.82. The SMILES string of the molecule is [2H]c1c(Br)nnc(Br)c1[2H]. The second-order valence-corrected chi connectivity index (χ2v) is 2.53. The number of hydrogen-bond acceptors (Lipinski definition) is 2. The molecule has 0 amide bonds. The normalized spacial score (nSPS) is 12.8. The fraction of sp³-hybridized carbons (Fsp3) is 0. The predicted molar refractivity (Wildman–Crippen MR) is 37.4 cm³/mol. The van der Waals surface area contributed by atoms with Gasteiger partial charge in [0, 0.05) is 0 Å². The molecule has 4 heteroatoms. The van der Waals surface area contributed by atoms with E-state index in [4.69, 9.17) is 2.74 Å². The van der Waals surface area contributed by atoms with E-state index < -0.39 is 0 Å². The summed E-state index contributed by atoms with van der Waals surface area (Å²) in [6.07, 6.45) is 0. The highest BCUT2D eigenvalue weighted by Crippen LogP contribution is 2.07. The molecular weight excluding hydrogens is 236 g/mol. The standard InChI is InChI=1S/C4H2Br2N2/c5-3-1-2-4(6)8-7-3/h1-2H/i1D,2D. The van der Waals surface area contributed by atoms with Crippen molar-refractivity contribution in [2.75, 3.05) is 0 Å². The molecule has 0 aliphatic heterocycles. The van der Waals surface area contributed by atoms with Crippen molar-refractivity contribution in [1.82, 2.24) is 10.2 Å². The molecule has 42 valence electrons. The summed E-state index contributed by atoms with van der Waals surface area (Å²) in [4.78, 5) is 0. The number of hydrogen-bond donors (Lipinski definition) is 0. The quantitative estimate of drug-likeness (QED) is 0.692. The Kier molecular flexibility index (Phi) is 1.26. The van der Waals surface area contributed by atoms with Gasteiger partial charge in [-0.1, -0.05) is 0 Å². The van der Waals surface area contributed by atoms with Crippen molar-refractivity contribution in [3.8, 4) is 0 Å². The Morgan fingerprint density at radius 1 is 1.25 bits per heavy atom. The minimum atomic E-state index is 0.0434. The maximum atomic E-state index is 7.22. The van der Waals surface area contributed by atoms with Crippen LogP contribution in [-0.2, 0) is 0 Å². The molecule has 0 spiro atoms. The fourth-order valence-corrected chi connectivity index (χ4v) is 0.598. The summed E-state index contributed by atoms with van der Waals surface area (Å²) in [6.45, 7) is 0. The number of halogens is 2. The van der Waals surface area contributed by atoms with Gasteiger partial charge in [-0.15, -0.1) is 10.2 Å². The van der Waals surface area contributed by atoms with Gasteiger partial charge in [0.1, 0.15) is 9.21 Å². The Morgan fingerprint density at radius 2 is 1.62 bits per heavy atom. The molecule has 0 unspecified atom stereocenters. The molecule has 0 fully saturated rings. The van der Waals surface area contributed by atoms with Crippen molar-refractivity contribution in [2.24, 2.45) is 0 Å². The molecule has 1 aromatic rings. The van der Waals surface area contributed by atoms with Gasteiger partial charge in [-0.2, -0.15) is 0 Å². The summed E-state index contributed by atoms with van der Waals surface area (Å²) in [5, 5.41) is 7.10. The van der Waals surface area contributed by atoms with E-state index in [-0.39, 0.29) is 12.1 Å². The molecular formula is C4H2Br2N2. The fourth-order valence-electron chi connectivity index (χ4n) is 0.241. The van der Waals surface area contributed by atoms with Crippen LogP contribution in [0.4, 0.5) is 0 Å². The van der Waals surface area contributed by atoms with E-state index in [1.165, 1.54) is 0 Å². The molecule has 8 heavy (non-hydrogen) atoms. The molecule has 1 aromatic heterocycles. The predicted octanol–water partition coefficient (Wildman–Crippen LogP) is 2.00. The van der Waals surface area contributed by atoms with Gasteiger partial charge in [-0.25, -0.2) is 0 Å². The van der Waals surface area contributed by atoms with Crippen molar-refractivity contribution in [3.05, 3.63) is 21.3 Å². The van der Waals surface area contributed by atoms with Gasteiger partial charge in [0.25, 0.3) is 0 Å². The van der Waals surface area contributed by atoms with E-state index in [1.54, 1.807) is 0 Å². The van der Waals surface area contributed by atoms with Crippen LogP contribution in [0.15, 0.2) is 21.3 Å². The Morgan fingerprint density at radius 3 is 2.00 bits per heavy atom. The molecule has 1 rings (SSSR count). The van der Waals surface area contributed by atoms with E-state index in [0.29, 0.717) is 9.21 Å². The second kappa shape index (κ2) is 2.55. The molecule has 0 N–H and O–H groups in total. The third-order valence-corrected chi connectivity index (χ3v) is 1.21. The third-order valence-electron chi connectivity index (χ3n) is 0.494. The van der Waals surface area contributed by atoms with Crippen LogP contribution >= 0.6 is 31.9 Å². The highest BCUT2D eigenvalue weighted by Gasteiger charge is 1.86. The molecule has 2 nitrogen and oxygen atoms in total. The Bertz CT molecular complexity index is 239. The first-order valence-corrected chi connectivity index (χ1v) is 3.36. The zero-order chi connectivity index (χ0) is 7.72. The van der Waals surface area contributed by atoms with Gasteiger partial charge in [-0.05, 0) is 43.9 Å². The van der Waals surface area contributed by atoms with Crippen LogP contribution in [-0.4, -0.2) is 10.2 Å². The summed E-state index contributed by atoms with van der Waals surface area (Å²) in [7, 11) is 0. The van der Waals surface area contributed by atoms with Gasteiger partial charge in [0.05, 0.1) is 2.74 Å². The first kappa shape index (κ1) is 3.95. The van der Waals surface area contributed by atoms with Gasteiger partial charge in [0.15, 0.2) is 0 Å². The van der Waals surface area contributed by atoms with Crippen LogP contribution in [0.25, 0.3) is 0 Å². The minimum absolute atomic E-state index is 0.0434. The first-order chi connectivity index (χ1) is 4.63. The van der Waals surface area contributed by atoms with Gasteiger partial charge < -0.3 is 0 Å². The lowest BCUT2D eigenvalue weighted by Gasteiger charge is -1.84. The first-order valence-electron chi connectivity index (χ1n) is 2.78. The number of aromatic nitrogens is 2. The third kappa shape index (κ3) is 1.52. The zero-order valence-electron chi connectivity index (χ0n) is 5.65. The lowest BCUT2D eigenvalue weighted by Crippen LogP contribution is -1.79. The maximum absolute atomic E-state index is 7.22. The number of rotatable bonds is 0. The average molecular weight is 240 g/mol. The Labute approximate surface area is 66.4 Å². The van der Waals surface area contributed by atoms with Crippen molar-refractivity contribution >= 4 is 31.9 Å². The molecule has 0 aromatic carbocycles. The smallest absolute Gasteiger partial charge is 0.128 e. The van der Waals surface area contributed by atoms with E-state index in [0.717, 1.165) is 0 Å². The average Bonchev–Trinajstić information content (AvgIpc) is 1.93. The van der Waals surface area contributed by atoms with Gasteiger partial charge in [0.2, 0.25) is 0 Å². The van der Waals surface area contributed by atoms with Crippen LogP contribution < -0.4 is 0 Å². The minimum Gasteiger partial charge on any atom is -0.142 e.